The zero-order valence-electron chi connectivity index (χ0n) is 21.4. The monoisotopic (exact) mass is 520 g/mol. The Morgan fingerprint density at radius 2 is 1.76 bits per heavy atom. The van der Waals surface area contributed by atoms with Crippen molar-refractivity contribution in [3.05, 3.63) is 118 Å². The maximum Gasteiger partial charge on any atom is 0.114 e. The summed E-state index contributed by atoms with van der Waals surface area (Å²) in [7, 11) is 2.09. The molecule has 0 N–H and O–H groups in total. The number of halogens is 1. The number of ether oxygens (including phenoxy) is 1. The van der Waals surface area contributed by atoms with Gasteiger partial charge in [0.1, 0.15) is 5.54 Å². The number of aryl methyl sites for hydroxylation is 3. The van der Waals surface area contributed by atoms with Crippen LogP contribution in [-0.2, 0) is 30.2 Å². The molecule has 5 aromatic rings. The van der Waals surface area contributed by atoms with Gasteiger partial charge in [-0.25, -0.2) is 4.98 Å². The van der Waals surface area contributed by atoms with E-state index in [0.29, 0.717) is 13.2 Å². The molecule has 0 radical (unpaired) electrons. The van der Waals surface area contributed by atoms with Crippen molar-refractivity contribution in [1.82, 2.24) is 19.4 Å². The summed E-state index contributed by atoms with van der Waals surface area (Å²) in [6.07, 6.45) is 7.59. The third-order valence-corrected chi connectivity index (χ3v) is 8.57. The summed E-state index contributed by atoms with van der Waals surface area (Å²) in [5.41, 5.74) is 7.51. The third-order valence-electron chi connectivity index (χ3n) is 8.20. The van der Waals surface area contributed by atoms with Crippen LogP contribution < -0.4 is 0 Å². The summed E-state index contributed by atoms with van der Waals surface area (Å²) in [6.45, 7) is 2.99. The SMILES string of the molecule is Cn1cncc1C1(N2CCOCC2)c2ccc(Cl)c(c2)CCc2cccc(c2)-c2nccc3ccc1cc23. The molecule has 0 spiro atoms. The minimum Gasteiger partial charge on any atom is -0.379 e. The fraction of sp³-hybridized carbons (Fsp3) is 0.250. The highest BCUT2D eigenvalue weighted by atomic mass is 35.5. The zero-order valence-corrected chi connectivity index (χ0v) is 22.2. The maximum atomic E-state index is 6.84. The highest BCUT2D eigenvalue weighted by Crippen LogP contribution is 2.45. The van der Waals surface area contributed by atoms with E-state index in [1.165, 1.54) is 22.1 Å². The number of hydrogen-bond acceptors (Lipinski definition) is 4. The number of morpholine rings is 1. The Kier molecular flexibility index (Phi) is 5.81. The van der Waals surface area contributed by atoms with Crippen LogP contribution in [0.1, 0.15) is 27.9 Å². The van der Waals surface area contributed by atoms with Crippen molar-refractivity contribution >= 4 is 22.4 Å². The Morgan fingerprint density at radius 3 is 2.61 bits per heavy atom. The van der Waals surface area contributed by atoms with Crippen LogP contribution in [0.15, 0.2) is 85.5 Å². The molecule has 6 heteroatoms. The van der Waals surface area contributed by atoms with Gasteiger partial charge in [-0.3, -0.25) is 9.88 Å². The predicted octanol–water partition coefficient (Wildman–Crippen LogP) is 6.01. The van der Waals surface area contributed by atoms with Crippen LogP contribution in [-0.4, -0.2) is 45.7 Å². The van der Waals surface area contributed by atoms with E-state index in [-0.39, 0.29) is 0 Å². The standard InChI is InChI=1S/C32H29ClN4O/c1-36-21-34-20-30(36)32(37-13-15-38-16-14-37)26-9-10-29(33)24(18-26)6-5-22-3-2-4-25(17-22)31-28-19-27(32)8-7-23(28)11-12-35-31/h2-4,7-12,17-21H,5-6,13-16H2,1H3. The number of aromatic nitrogens is 3. The summed E-state index contributed by atoms with van der Waals surface area (Å²) in [6, 6.07) is 24.3. The first-order valence-corrected chi connectivity index (χ1v) is 13.6. The first-order chi connectivity index (χ1) is 18.6. The first-order valence-electron chi connectivity index (χ1n) is 13.2. The molecule has 0 amide bonds. The molecule has 1 fully saturated rings. The van der Waals surface area contributed by atoms with Crippen LogP contribution >= 0.6 is 11.6 Å². The number of benzene rings is 3. The van der Waals surface area contributed by atoms with Crippen molar-refractivity contribution in [3.63, 3.8) is 0 Å². The van der Waals surface area contributed by atoms with E-state index in [4.69, 9.17) is 21.3 Å². The van der Waals surface area contributed by atoms with E-state index in [1.54, 1.807) is 0 Å². The molecule has 3 aromatic carbocycles. The molecule has 5 nitrogen and oxygen atoms in total. The molecule has 38 heavy (non-hydrogen) atoms. The van der Waals surface area contributed by atoms with Gasteiger partial charge in [0.05, 0.1) is 37.1 Å². The molecule has 190 valence electrons. The van der Waals surface area contributed by atoms with Gasteiger partial charge in [-0.2, -0.15) is 0 Å². The van der Waals surface area contributed by atoms with Gasteiger partial charge in [-0.15, -0.1) is 0 Å². The van der Waals surface area contributed by atoms with Crippen molar-refractivity contribution in [2.75, 3.05) is 26.3 Å². The molecule has 2 aromatic heterocycles. The molecule has 1 saturated heterocycles. The van der Waals surface area contributed by atoms with E-state index in [9.17, 15) is 0 Å². The second-order valence-electron chi connectivity index (χ2n) is 10.3. The number of imidazole rings is 1. The van der Waals surface area contributed by atoms with Gasteiger partial charge < -0.3 is 9.30 Å². The summed E-state index contributed by atoms with van der Waals surface area (Å²) in [5, 5.41) is 3.13. The summed E-state index contributed by atoms with van der Waals surface area (Å²) in [5.74, 6) is 0. The molecule has 1 aliphatic heterocycles. The van der Waals surface area contributed by atoms with E-state index in [1.807, 2.05) is 18.7 Å². The van der Waals surface area contributed by atoms with E-state index in [0.717, 1.165) is 58.9 Å². The molecular weight excluding hydrogens is 492 g/mol. The van der Waals surface area contributed by atoms with Gasteiger partial charge in [-0.1, -0.05) is 54.1 Å². The lowest BCUT2D eigenvalue weighted by Gasteiger charge is -2.47. The smallest absolute Gasteiger partial charge is 0.114 e. The molecule has 1 atom stereocenters. The number of hydrogen-bond donors (Lipinski definition) is 0. The molecule has 3 heterocycles. The Labute approximate surface area is 227 Å². The van der Waals surface area contributed by atoms with Crippen LogP contribution in [0.3, 0.4) is 0 Å². The molecule has 6 bridgehead atoms. The normalized spacial score (nSPS) is 19.6. The highest BCUT2D eigenvalue weighted by Gasteiger charge is 2.45. The largest absolute Gasteiger partial charge is 0.379 e. The van der Waals surface area contributed by atoms with Crippen molar-refractivity contribution < 1.29 is 4.74 Å². The zero-order chi connectivity index (χ0) is 25.7. The van der Waals surface area contributed by atoms with Crippen LogP contribution in [0.2, 0.25) is 5.02 Å². The topological polar surface area (TPSA) is 43.2 Å². The summed E-state index contributed by atoms with van der Waals surface area (Å²) in [4.78, 5) is 12.1. The van der Waals surface area contributed by atoms with Gasteiger partial charge in [0.15, 0.2) is 0 Å². The van der Waals surface area contributed by atoms with Crippen molar-refractivity contribution in [2.24, 2.45) is 7.05 Å². The second kappa shape index (κ2) is 9.35. The van der Waals surface area contributed by atoms with E-state index in [2.05, 4.69) is 88.2 Å². The van der Waals surface area contributed by atoms with Crippen LogP contribution in [0, 0.1) is 0 Å². The molecule has 1 unspecified atom stereocenters. The average molecular weight is 521 g/mol. The molecule has 1 aliphatic carbocycles. The van der Waals surface area contributed by atoms with Crippen molar-refractivity contribution in [2.45, 2.75) is 18.4 Å². The van der Waals surface area contributed by atoms with Gasteiger partial charge in [0.25, 0.3) is 0 Å². The highest BCUT2D eigenvalue weighted by molar-refractivity contribution is 6.31. The lowest BCUT2D eigenvalue weighted by atomic mass is 9.76. The minimum atomic E-state index is -0.581. The third kappa shape index (κ3) is 3.69. The number of rotatable bonds is 2. The quantitative estimate of drug-likeness (QED) is 0.286. The molecule has 7 rings (SSSR count). The average Bonchev–Trinajstić information content (AvgIpc) is 3.39. The van der Waals surface area contributed by atoms with E-state index < -0.39 is 5.54 Å². The fourth-order valence-corrected chi connectivity index (χ4v) is 6.57. The number of pyridine rings is 1. The van der Waals surface area contributed by atoms with Crippen LogP contribution in [0.25, 0.3) is 22.0 Å². The summed E-state index contributed by atoms with van der Waals surface area (Å²) >= 11 is 6.84. The Morgan fingerprint density at radius 1 is 0.921 bits per heavy atom. The van der Waals surface area contributed by atoms with Crippen molar-refractivity contribution in [1.29, 1.82) is 0 Å². The number of nitrogens with zero attached hydrogens (tertiary/aromatic N) is 4. The van der Waals surface area contributed by atoms with Gasteiger partial charge in [0.2, 0.25) is 0 Å². The Bertz CT molecular complexity index is 1650. The first kappa shape index (κ1) is 23.6. The van der Waals surface area contributed by atoms with Gasteiger partial charge in [-0.05, 0) is 64.7 Å². The van der Waals surface area contributed by atoms with Crippen LogP contribution in [0.4, 0.5) is 0 Å². The fourth-order valence-electron chi connectivity index (χ4n) is 6.36. The summed E-state index contributed by atoms with van der Waals surface area (Å²) < 4.78 is 7.99. The van der Waals surface area contributed by atoms with Gasteiger partial charge >= 0.3 is 0 Å². The Balaban J connectivity index is 1.62. The lowest BCUT2D eigenvalue weighted by molar-refractivity contribution is 0.000417. The molecule has 2 aliphatic rings. The van der Waals surface area contributed by atoms with Crippen molar-refractivity contribution in [3.8, 4) is 11.3 Å². The maximum absolute atomic E-state index is 6.84. The predicted molar refractivity (Wildman–Crippen MR) is 152 cm³/mol. The lowest BCUT2D eigenvalue weighted by Crippen LogP contribution is -2.53. The van der Waals surface area contributed by atoms with Gasteiger partial charge in [0, 0.05) is 42.3 Å². The molecule has 0 saturated carbocycles. The minimum absolute atomic E-state index is 0.581. The Hall–Kier alpha value is -3.51. The number of fused-ring (bicyclic) bond motifs is 6. The van der Waals surface area contributed by atoms with E-state index >= 15 is 0 Å². The molecular formula is C32H29ClN4O. The second-order valence-corrected chi connectivity index (χ2v) is 10.7. The van der Waals surface area contributed by atoms with Crippen LogP contribution in [0.5, 0.6) is 0 Å².